The predicted molar refractivity (Wildman–Crippen MR) is 111 cm³/mol. The number of carbonyl (C=O) groups excluding carboxylic acids is 3. The fraction of sp³-hybridized carbons (Fsp3) is 0.524. The maximum Gasteiger partial charge on any atom is 0.322 e. The minimum atomic E-state index is -0.896. The number of hydrogen-bond donors (Lipinski definition) is 2. The van der Waals surface area contributed by atoms with Crippen LogP contribution in [0.4, 0.5) is 10.5 Å². The molecule has 30 heavy (non-hydrogen) atoms. The van der Waals surface area contributed by atoms with Crippen molar-refractivity contribution in [2.45, 2.75) is 31.2 Å². The van der Waals surface area contributed by atoms with Gasteiger partial charge in [-0.05, 0) is 43.4 Å². The number of nitrogens with zero attached hydrogens (tertiary/aromatic N) is 4. The Balaban J connectivity index is 1.19. The normalized spacial score (nSPS) is 24.3. The third-order valence-electron chi connectivity index (χ3n) is 6.71. The fourth-order valence-corrected chi connectivity index (χ4v) is 4.75. The van der Waals surface area contributed by atoms with E-state index in [9.17, 15) is 14.4 Å². The highest BCUT2D eigenvalue weighted by Gasteiger charge is 2.55. The smallest absolute Gasteiger partial charge is 0.322 e. The molecule has 2 N–H and O–H groups in total. The highest BCUT2D eigenvalue weighted by Crippen LogP contribution is 2.43. The topological polar surface area (TPSA) is 99.6 Å². The van der Waals surface area contributed by atoms with Crippen molar-refractivity contribution < 1.29 is 14.4 Å². The van der Waals surface area contributed by atoms with E-state index in [4.69, 9.17) is 0 Å². The maximum atomic E-state index is 12.8. The van der Waals surface area contributed by atoms with Crippen molar-refractivity contribution in [3.8, 4) is 0 Å². The van der Waals surface area contributed by atoms with Crippen molar-refractivity contribution in [3.05, 3.63) is 24.4 Å². The van der Waals surface area contributed by atoms with Gasteiger partial charge in [0.15, 0.2) is 0 Å². The molecular formula is C21H26N6O3. The molecule has 2 aliphatic heterocycles. The lowest BCUT2D eigenvalue weighted by Crippen LogP contribution is -2.51. The van der Waals surface area contributed by atoms with E-state index in [-0.39, 0.29) is 24.2 Å². The average molecular weight is 410 g/mol. The number of urea groups is 1. The Bertz CT molecular complexity index is 1020. The molecule has 1 unspecified atom stereocenters. The standard InChI is InChI=1S/C21H26N6O3/c1-25-17-12-16(5-2-14(17)13-22-25)26-8-10-27(11-9-26)18(28)6-7-21(15-3-4-15)19(29)23-20(30)24-21/h2,5,12-13,15H,3-4,6-11H2,1H3,(H2,23,24,29,30). The van der Waals surface area contributed by atoms with Gasteiger partial charge in [0.05, 0.1) is 11.7 Å². The van der Waals surface area contributed by atoms with Crippen molar-refractivity contribution in [2.24, 2.45) is 13.0 Å². The number of piperazine rings is 1. The molecule has 2 aromatic rings. The molecule has 9 nitrogen and oxygen atoms in total. The summed E-state index contributed by atoms with van der Waals surface area (Å²) in [5.41, 5.74) is 1.33. The van der Waals surface area contributed by atoms with Crippen LogP contribution in [0.2, 0.25) is 0 Å². The largest absolute Gasteiger partial charge is 0.368 e. The fourth-order valence-electron chi connectivity index (χ4n) is 4.75. The summed E-state index contributed by atoms with van der Waals surface area (Å²) in [6.45, 7) is 2.83. The first-order chi connectivity index (χ1) is 14.5. The van der Waals surface area contributed by atoms with Gasteiger partial charge in [-0.3, -0.25) is 19.6 Å². The molecule has 1 atom stereocenters. The Morgan fingerprint density at radius 3 is 2.63 bits per heavy atom. The quantitative estimate of drug-likeness (QED) is 0.716. The first-order valence-electron chi connectivity index (χ1n) is 10.5. The van der Waals surface area contributed by atoms with Gasteiger partial charge >= 0.3 is 6.03 Å². The highest BCUT2D eigenvalue weighted by molar-refractivity contribution is 6.07. The number of amides is 4. The number of carbonyl (C=O) groups is 3. The molecule has 3 aliphatic rings. The van der Waals surface area contributed by atoms with Gasteiger partial charge in [-0.15, -0.1) is 0 Å². The van der Waals surface area contributed by atoms with Crippen LogP contribution in [0.3, 0.4) is 0 Å². The Morgan fingerprint density at radius 1 is 1.20 bits per heavy atom. The highest BCUT2D eigenvalue weighted by atomic mass is 16.2. The molecule has 158 valence electrons. The Morgan fingerprint density at radius 2 is 1.97 bits per heavy atom. The molecule has 1 aliphatic carbocycles. The predicted octanol–water partition coefficient (Wildman–Crippen LogP) is 0.990. The summed E-state index contributed by atoms with van der Waals surface area (Å²) in [6.07, 6.45) is 4.33. The molecule has 1 saturated carbocycles. The lowest BCUT2D eigenvalue weighted by molar-refractivity contribution is -0.132. The maximum absolute atomic E-state index is 12.8. The molecule has 1 aromatic heterocycles. The van der Waals surface area contributed by atoms with Gasteiger partial charge < -0.3 is 15.1 Å². The van der Waals surface area contributed by atoms with E-state index in [0.29, 0.717) is 19.5 Å². The molecule has 3 fully saturated rings. The second kappa shape index (κ2) is 7.00. The summed E-state index contributed by atoms with van der Waals surface area (Å²) in [4.78, 5) is 41.0. The Kier molecular flexibility index (Phi) is 4.41. The number of imide groups is 1. The summed E-state index contributed by atoms with van der Waals surface area (Å²) in [7, 11) is 1.93. The number of aryl methyl sites for hydroxylation is 1. The van der Waals surface area contributed by atoms with Crippen LogP contribution >= 0.6 is 0 Å². The number of hydrogen-bond acceptors (Lipinski definition) is 5. The van der Waals surface area contributed by atoms with E-state index in [1.165, 1.54) is 0 Å². The van der Waals surface area contributed by atoms with Gasteiger partial charge in [-0.25, -0.2) is 4.79 Å². The first-order valence-corrected chi connectivity index (χ1v) is 10.5. The number of aromatic nitrogens is 2. The van der Waals surface area contributed by atoms with E-state index in [1.54, 1.807) is 0 Å². The zero-order valence-corrected chi connectivity index (χ0v) is 17.1. The number of anilines is 1. The number of rotatable bonds is 5. The van der Waals surface area contributed by atoms with E-state index in [0.717, 1.165) is 42.5 Å². The van der Waals surface area contributed by atoms with Gasteiger partial charge in [0, 0.05) is 50.7 Å². The van der Waals surface area contributed by atoms with Gasteiger partial charge in [-0.2, -0.15) is 5.10 Å². The molecule has 3 heterocycles. The third kappa shape index (κ3) is 3.18. The van der Waals surface area contributed by atoms with E-state index >= 15 is 0 Å². The van der Waals surface area contributed by atoms with Gasteiger partial charge in [-0.1, -0.05) is 0 Å². The second-order valence-electron chi connectivity index (χ2n) is 8.53. The summed E-state index contributed by atoms with van der Waals surface area (Å²) in [5.74, 6) is -0.0839. The zero-order valence-electron chi connectivity index (χ0n) is 17.1. The van der Waals surface area contributed by atoms with Crippen molar-refractivity contribution in [2.75, 3.05) is 31.1 Å². The SMILES string of the molecule is Cn1ncc2ccc(N3CCN(C(=O)CCC4(C5CC5)NC(=O)NC4=O)CC3)cc21. The zero-order chi connectivity index (χ0) is 20.9. The van der Waals surface area contributed by atoms with Crippen LogP contribution in [0, 0.1) is 5.92 Å². The molecule has 2 saturated heterocycles. The molecular weight excluding hydrogens is 384 g/mol. The molecule has 0 radical (unpaired) electrons. The van der Waals surface area contributed by atoms with Crippen LogP contribution in [0.25, 0.3) is 10.9 Å². The lowest BCUT2D eigenvalue weighted by Gasteiger charge is -2.36. The van der Waals surface area contributed by atoms with Gasteiger partial charge in [0.2, 0.25) is 5.91 Å². The number of nitrogens with one attached hydrogen (secondary N) is 2. The van der Waals surface area contributed by atoms with E-state index in [2.05, 4.69) is 38.8 Å². The Hall–Kier alpha value is -3.10. The van der Waals surface area contributed by atoms with Crippen LogP contribution in [0.5, 0.6) is 0 Å². The van der Waals surface area contributed by atoms with Gasteiger partial charge in [0.1, 0.15) is 5.54 Å². The minimum Gasteiger partial charge on any atom is -0.368 e. The molecule has 0 bridgehead atoms. The number of benzene rings is 1. The van der Waals surface area contributed by atoms with Crippen molar-refractivity contribution in [3.63, 3.8) is 0 Å². The minimum absolute atomic E-state index is 0.0470. The lowest BCUT2D eigenvalue weighted by atomic mass is 9.87. The van der Waals surface area contributed by atoms with Gasteiger partial charge in [0.25, 0.3) is 5.91 Å². The summed E-state index contributed by atoms with van der Waals surface area (Å²) >= 11 is 0. The second-order valence-corrected chi connectivity index (χ2v) is 8.53. The summed E-state index contributed by atoms with van der Waals surface area (Å²) in [6, 6.07) is 5.87. The van der Waals surface area contributed by atoms with Crippen LogP contribution < -0.4 is 15.5 Å². The van der Waals surface area contributed by atoms with Crippen LogP contribution in [-0.2, 0) is 16.6 Å². The third-order valence-corrected chi connectivity index (χ3v) is 6.71. The molecule has 0 spiro atoms. The summed E-state index contributed by atoms with van der Waals surface area (Å²) < 4.78 is 1.87. The van der Waals surface area contributed by atoms with E-state index in [1.807, 2.05) is 22.8 Å². The van der Waals surface area contributed by atoms with Crippen molar-refractivity contribution in [1.82, 2.24) is 25.3 Å². The van der Waals surface area contributed by atoms with Crippen molar-refractivity contribution in [1.29, 1.82) is 0 Å². The van der Waals surface area contributed by atoms with Crippen LogP contribution in [0.15, 0.2) is 24.4 Å². The van der Waals surface area contributed by atoms with Crippen LogP contribution in [-0.4, -0.2) is 64.2 Å². The number of fused-ring (bicyclic) bond motifs is 1. The Labute approximate surface area is 174 Å². The van der Waals surface area contributed by atoms with E-state index < -0.39 is 11.6 Å². The summed E-state index contributed by atoms with van der Waals surface area (Å²) in [5, 5.41) is 10.5. The van der Waals surface area contributed by atoms with Crippen molar-refractivity contribution >= 4 is 34.4 Å². The first kappa shape index (κ1) is 18.9. The molecule has 9 heteroatoms. The molecule has 5 rings (SSSR count). The van der Waals surface area contributed by atoms with Crippen LogP contribution in [0.1, 0.15) is 25.7 Å². The average Bonchev–Trinajstić information content (AvgIpc) is 3.48. The molecule has 4 amide bonds. The molecule has 1 aromatic carbocycles. The monoisotopic (exact) mass is 410 g/mol.